The molecular weight excluding hydrogens is 198 g/mol. The van der Waals surface area contributed by atoms with E-state index in [1.807, 2.05) is 7.05 Å². The molecule has 0 aliphatic rings. The third kappa shape index (κ3) is 3.78. The molecule has 16 heavy (non-hydrogen) atoms. The molecule has 1 atom stereocenters. The van der Waals surface area contributed by atoms with Crippen molar-refractivity contribution in [2.75, 3.05) is 13.7 Å². The molecule has 0 heterocycles. The fourth-order valence-corrected chi connectivity index (χ4v) is 1.69. The first-order chi connectivity index (χ1) is 7.67. The van der Waals surface area contributed by atoms with E-state index >= 15 is 0 Å². The Morgan fingerprint density at radius 2 is 1.81 bits per heavy atom. The Hall–Kier alpha value is -1.15. The van der Waals surface area contributed by atoms with Gasteiger partial charge in [-0.2, -0.15) is 0 Å². The van der Waals surface area contributed by atoms with Crippen molar-refractivity contribution < 1.29 is 5.11 Å². The van der Waals surface area contributed by atoms with Gasteiger partial charge in [-0.15, -0.1) is 0 Å². The lowest BCUT2D eigenvalue weighted by atomic mass is 9.96. The summed E-state index contributed by atoms with van der Waals surface area (Å²) in [5.41, 5.74) is 3.72. The smallest absolute Gasteiger partial charge is 0.0471 e. The summed E-state index contributed by atoms with van der Waals surface area (Å²) in [6, 6.07) is 8.47. The predicted octanol–water partition coefficient (Wildman–Crippen LogP) is 2.49. The Labute approximate surface area is 98.0 Å². The quantitative estimate of drug-likeness (QED) is 0.758. The van der Waals surface area contributed by atoms with Gasteiger partial charge < -0.3 is 5.11 Å². The maximum Gasteiger partial charge on any atom is 0.0471 e. The normalized spacial score (nSPS) is 13.9. The van der Waals surface area contributed by atoms with E-state index in [9.17, 15) is 0 Å². The lowest BCUT2D eigenvalue weighted by Gasteiger charge is -2.11. The first kappa shape index (κ1) is 12.9. The molecule has 0 aliphatic heterocycles. The number of aliphatic hydroxyl groups is 1. The van der Waals surface area contributed by atoms with Crippen LogP contribution in [0.25, 0.3) is 0 Å². The summed E-state index contributed by atoms with van der Waals surface area (Å²) in [5.74, 6) is 0.494. The zero-order valence-corrected chi connectivity index (χ0v) is 10.4. The van der Waals surface area contributed by atoms with Gasteiger partial charge in [0.25, 0.3) is 0 Å². The van der Waals surface area contributed by atoms with Gasteiger partial charge in [-0.05, 0) is 36.8 Å². The molecule has 2 nitrogen and oxygen atoms in total. The van der Waals surface area contributed by atoms with Gasteiger partial charge in [0.1, 0.15) is 0 Å². The molecule has 1 rings (SSSR count). The van der Waals surface area contributed by atoms with Crippen LogP contribution in [0.5, 0.6) is 0 Å². The molecular formula is C14H21NO. The van der Waals surface area contributed by atoms with Gasteiger partial charge >= 0.3 is 0 Å². The monoisotopic (exact) mass is 219 g/mol. The Balaban J connectivity index is 2.61. The number of hydrogen-bond donors (Lipinski definition) is 1. The highest BCUT2D eigenvalue weighted by Crippen LogP contribution is 2.12. The van der Waals surface area contributed by atoms with Crippen molar-refractivity contribution in [2.24, 2.45) is 10.9 Å². The van der Waals surface area contributed by atoms with Crippen molar-refractivity contribution in [1.29, 1.82) is 0 Å². The van der Waals surface area contributed by atoms with Crippen LogP contribution in [0.1, 0.15) is 25.0 Å². The SMILES string of the molecule is CN=C(C)C(C)Cc1ccc(CCO)cc1. The van der Waals surface area contributed by atoms with Crippen LogP contribution in [0.15, 0.2) is 29.3 Å². The fraction of sp³-hybridized carbons (Fsp3) is 0.500. The summed E-state index contributed by atoms with van der Waals surface area (Å²) in [6.45, 7) is 4.49. The Kier molecular flexibility index (Phi) is 5.20. The summed E-state index contributed by atoms with van der Waals surface area (Å²) >= 11 is 0. The van der Waals surface area contributed by atoms with Gasteiger partial charge in [0.05, 0.1) is 0 Å². The van der Waals surface area contributed by atoms with Crippen molar-refractivity contribution in [3.63, 3.8) is 0 Å². The number of rotatable bonds is 5. The summed E-state index contributed by atoms with van der Waals surface area (Å²) in [6.07, 6.45) is 1.77. The van der Waals surface area contributed by atoms with Crippen molar-refractivity contribution in [3.8, 4) is 0 Å². The number of aliphatic hydroxyl groups excluding tert-OH is 1. The van der Waals surface area contributed by atoms with E-state index in [1.165, 1.54) is 16.8 Å². The zero-order valence-electron chi connectivity index (χ0n) is 10.4. The van der Waals surface area contributed by atoms with E-state index < -0.39 is 0 Å². The first-order valence-electron chi connectivity index (χ1n) is 5.79. The van der Waals surface area contributed by atoms with Crippen molar-refractivity contribution in [1.82, 2.24) is 0 Å². The minimum Gasteiger partial charge on any atom is -0.396 e. The zero-order chi connectivity index (χ0) is 12.0. The minimum atomic E-state index is 0.220. The molecule has 1 aromatic carbocycles. The second-order valence-corrected chi connectivity index (χ2v) is 4.26. The van der Waals surface area contributed by atoms with Gasteiger partial charge in [-0.25, -0.2) is 0 Å². The van der Waals surface area contributed by atoms with E-state index in [0.717, 1.165) is 12.8 Å². The molecule has 0 saturated heterocycles. The standard InChI is InChI=1S/C14H21NO/c1-11(12(2)15-3)10-14-6-4-13(5-7-14)8-9-16/h4-7,11,16H,8-10H2,1-3H3. The van der Waals surface area contributed by atoms with Crippen LogP contribution >= 0.6 is 0 Å². The van der Waals surface area contributed by atoms with Crippen molar-refractivity contribution in [2.45, 2.75) is 26.7 Å². The van der Waals surface area contributed by atoms with Crippen molar-refractivity contribution in [3.05, 3.63) is 35.4 Å². The number of hydrogen-bond acceptors (Lipinski definition) is 2. The number of benzene rings is 1. The highest BCUT2D eigenvalue weighted by atomic mass is 16.2. The average Bonchev–Trinajstić information content (AvgIpc) is 2.31. The maximum atomic E-state index is 8.82. The third-order valence-corrected chi connectivity index (χ3v) is 3.03. The highest BCUT2D eigenvalue weighted by Gasteiger charge is 2.06. The lowest BCUT2D eigenvalue weighted by molar-refractivity contribution is 0.299. The molecule has 0 amide bonds. The van der Waals surface area contributed by atoms with Gasteiger partial charge in [-0.1, -0.05) is 31.2 Å². The maximum absolute atomic E-state index is 8.82. The van der Waals surface area contributed by atoms with Crippen LogP contribution in [0, 0.1) is 5.92 Å². The van der Waals surface area contributed by atoms with Crippen LogP contribution in [0.3, 0.4) is 0 Å². The molecule has 2 heteroatoms. The Morgan fingerprint density at radius 1 is 1.25 bits per heavy atom. The summed E-state index contributed by atoms with van der Waals surface area (Å²) in [5, 5.41) is 8.82. The van der Waals surface area contributed by atoms with Crippen LogP contribution in [0.4, 0.5) is 0 Å². The van der Waals surface area contributed by atoms with Gasteiger partial charge in [0.2, 0.25) is 0 Å². The van der Waals surface area contributed by atoms with Crippen LogP contribution in [0.2, 0.25) is 0 Å². The third-order valence-electron chi connectivity index (χ3n) is 3.03. The minimum absolute atomic E-state index is 0.220. The van der Waals surface area contributed by atoms with E-state index in [0.29, 0.717) is 5.92 Å². The van der Waals surface area contributed by atoms with Crippen LogP contribution in [-0.2, 0) is 12.8 Å². The summed E-state index contributed by atoms with van der Waals surface area (Å²) in [7, 11) is 1.84. The second-order valence-electron chi connectivity index (χ2n) is 4.26. The fourth-order valence-electron chi connectivity index (χ4n) is 1.69. The van der Waals surface area contributed by atoms with Gasteiger partial charge in [0, 0.05) is 19.4 Å². The first-order valence-corrected chi connectivity index (χ1v) is 5.79. The molecule has 0 aliphatic carbocycles. The Bertz CT molecular complexity index is 340. The molecule has 1 unspecified atom stereocenters. The van der Waals surface area contributed by atoms with E-state index in [1.54, 1.807) is 0 Å². The van der Waals surface area contributed by atoms with Crippen molar-refractivity contribution >= 4 is 5.71 Å². The molecule has 1 N–H and O–H groups in total. The number of nitrogens with zero attached hydrogens (tertiary/aromatic N) is 1. The molecule has 0 bridgehead atoms. The van der Waals surface area contributed by atoms with E-state index in [-0.39, 0.29) is 6.61 Å². The largest absolute Gasteiger partial charge is 0.396 e. The molecule has 0 fully saturated rings. The van der Waals surface area contributed by atoms with Gasteiger partial charge in [-0.3, -0.25) is 4.99 Å². The lowest BCUT2D eigenvalue weighted by Crippen LogP contribution is -2.10. The molecule has 88 valence electrons. The van der Waals surface area contributed by atoms with Gasteiger partial charge in [0.15, 0.2) is 0 Å². The number of aliphatic imine (C=N–C) groups is 1. The average molecular weight is 219 g/mol. The summed E-state index contributed by atoms with van der Waals surface area (Å²) in [4.78, 5) is 4.22. The Morgan fingerprint density at radius 3 is 2.31 bits per heavy atom. The molecule has 0 saturated carbocycles. The molecule has 0 spiro atoms. The van der Waals surface area contributed by atoms with E-state index in [4.69, 9.17) is 5.11 Å². The molecule has 1 aromatic rings. The summed E-state index contributed by atoms with van der Waals surface area (Å²) < 4.78 is 0. The predicted molar refractivity (Wildman–Crippen MR) is 69.1 cm³/mol. The van der Waals surface area contributed by atoms with Crippen LogP contribution in [-0.4, -0.2) is 24.5 Å². The highest BCUT2D eigenvalue weighted by molar-refractivity contribution is 5.84. The molecule has 0 radical (unpaired) electrons. The topological polar surface area (TPSA) is 32.6 Å². The second kappa shape index (κ2) is 6.44. The van der Waals surface area contributed by atoms with E-state index in [2.05, 4.69) is 43.1 Å². The molecule has 0 aromatic heterocycles. The van der Waals surface area contributed by atoms with Crippen LogP contribution < -0.4 is 0 Å².